The molecular weight excluding hydrogens is 353 g/mol. The summed E-state index contributed by atoms with van der Waals surface area (Å²) in [4.78, 5) is 11.8. The lowest BCUT2D eigenvalue weighted by Crippen LogP contribution is -2.21. The second kappa shape index (κ2) is 5.57. The molecule has 114 valence electrons. The zero-order valence-electron chi connectivity index (χ0n) is 12.0. The van der Waals surface area contributed by atoms with Crippen LogP contribution in [-0.2, 0) is 13.6 Å². The summed E-state index contributed by atoms with van der Waals surface area (Å²) in [6.07, 6.45) is 1.56. The van der Waals surface area contributed by atoms with Gasteiger partial charge in [0, 0.05) is 18.0 Å². The van der Waals surface area contributed by atoms with Gasteiger partial charge in [-0.1, -0.05) is 0 Å². The van der Waals surface area contributed by atoms with E-state index in [2.05, 4.69) is 26.3 Å². The number of aromatic nitrogens is 2. The van der Waals surface area contributed by atoms with Gasteiger partial charge in [-0.15, -0.1) is 0 Å². The van der Waals surface area contributed by atoms with Crippen LogP contribution in [0.5, 0.6) is 0 Å². The average molecular weight is 366 g/mol. The fraction of sp³-hybridized carbons (Fsp3) is 0.200. The van der Waals surface area contributed by atoms with Gasteiger partial charge in [-0.05, 0) is 41.1 Å². The Balaban J connectivity index is 1.90. The number of nitrogens with one attached hydrogen (secondary N) is 1. The van der Waals surface area contributed by atoms with Crippen LogP contribution in [0.3, 0.4) is 0 Å². The highest BCUT2D eigenvalue weighted by Crippen LogP contribution is 2.27. The molecule has 0 spiro atoms. The van der Waals surface area contributed by atoms with E-state index in [0.717, 1.165) is 10.9 Å². The molecule has 0 aliphatic rings. The fourth-order valence-electron chi connectivity index (χ4n) is 2.22. The van der Waals surface area contributed by atoms with Crippen LogP contribution >= 0.6 is 15.9 Å². The van der Waals surface area contributed by atoms with Gasteiger partial charge in [0.1, 0.15) is 21.6 Å². The Morgan fingerprint density at radius 3 is 3.00 bits per heavy atom. The number of hydrogen-bond donors (Lipinski definition) is 1. The quantitative estimate of drug-likeness (QED) is 0.773. The Labute approximate surface area is 133 Å². The number of furan rings is 1. The van der Waals surface area contributed by atoms with Crippen molar-refractivity contribution in [2.75, 3.05) is 5.32 Å². The minimum absolute atomic E-state index is 0.228. The maximum atomic E-state index is 13.3. The summed E-state index contributed by atoms with van der Waals surface area (Å²) in [7, 11) is 1.58. The lowest BCUT2D eigenvalue weighted by molar-refractivity contribution is 0.554. The first kappa shape index (κ1) is 14.8. The van der Waals surface area contributed by atoms with Crippen molar-refractivity contribution in [1.82, 2.24) is 9.78 Å². The molecule has 0 aliphatic heterocycles. The maximum Gasteiger partial charge on any atom is 0.282 e. The van der Waals surface area contributed by atoms with Gasteiger partial charge in [0.25, 0.3) is 5.56 Å². The summed E-state index contributed by atoms with van der Waals surface area (Å²) in [5, 5.41) is 7.81. The zero-order valence-corrected chi connectivity index (χ0v) is 13.6. The Hall–Kier alpha value is -2.15. The molecule has 0 fully saturated rings. The highest BCUT2D eigenvalue weighted by molar-refractivity contribution is 9.10. The molecule has 1 aromatic carbocycles. The van der Waals surface area contributed by atoms with E-state index in [1.165, 1.54) is 16.8 Å². The van der Waals surface area contributed by atoms with Crippen LogP contribution in [-0.4, -0.2) is 9.78 Å². The van der Waals surface area contributed by atoms with Gasteiger partial charge in [-0.3, -0.25) is 4.79 Å². The molecule has 0 radical (unpaired) electrons. The predicted octanol–water partition coefficient (Wildman–Crippen LogP) is 3.35. The van der Waals surface area contributed by atoms with E-state index in [9.17, 15) is 9.18 Å². The van der Waals surface area contributed by atoms with E-state index in [1.54, 1.807) is 19.3 Å². The number of benzene rings is 1. The Morgan fingerprint density at radius 1 is 1.45 bits per heavy atom. The van der Waals surface area contributed by atoms with Gasteiger partial charge >= 0.3 is 0 Å². The van der Waals surface area contributed by atoms with Gasteiger partial charge in [0.2, 0.25) is 0 Å². The van der Waals surface area contributed by atoms with Crippen molar-refractivity contribution in [3.05, 3.63) is 56.4 Å². The topological polar surface area (TPSA) is 60.1 Å². The first-order valence-corrected chi connectivity index (χ1v) is 7.40. The SMILES string of the molecule is Cc1c(CNc2cnn(C)c(=O)c2Br)oc2ccc(F)cc12. The molecular formula is C15H13BrFN3O2. The van der Waals surface area contributed by atoms with Crippen LogP contribution < -0.4 is 10.9 Å². The lowest BCUT2D eigenvalue weighted by Gasteiger charge is -2.07. The molecule has 3 aromatic rings. The van der Waals surface area contributed by atoms with Crippen molar-refractivity contribution >= 4 is 32.6 Å². The molecule has 0 aliphatic carbocycles. The summed E-state index contributed by atoms with van der Waals surface area (Å²) >= 11 is 3.25. The zero-order chi connectivity index (χ0) is 15.9. The van der Waals surface area contributed by atoms with E-state index in [0.29, 0.717) is 28.0 Å². The number of nitrogens with zero attached hydrogens (tertiary/aromatic N) is 2. The molecule has 0 bridgehead atoms. The van der Waals surface area contributed by atoms with Crippen molar-refractivity contribution in [1.29, 1.82) is 0 Å². The Morgan fingerprint density at radius 2 is 2.23 bits per heavy atom. The van der Waals surface area contributed by atoms with Gasteiger partial charge in [-0.25, -0.2) is 9.07 Å². The number of fused-ring (bicyclic) bond motifs is 1. The summed E-state index contributed by atoms with van der Waals surface area (Å²) in [6, 6.07) is 4.42. The monoisotopic (exact) mass is 365 g/mol. The van der Waals surface area contributed by atoms with Crippen LogP contribution in [0.15, 0.2) is 38.1 Å². The van der Waals surface area contributed by atoms with E-state index in [-0.39, 0.29) is 11.4 Å². The molecule has 0 unspecified atom stereocenters. The molecule has 2 aromatic heterocycles. The third-order valence-electron chi connectivity index (χ3n) is 3.51. The number of hydrogen-bond acceptors (Lipinski definition) is 4. The molecule has 3 rings (SSSR count). The number of rotatable bonds is 3. The largest absolute Gasteiger partial charge is 0.459 e. The number of anilines is 1. The highest BCUT2D eigenvalue weighted by atomic mass is 79.9. The standard InChI is InChI=1S/C15H13BrFN3O2/c1-8-10-5-9(17)3-4-12(10)22-13(8)7-18-11-6-19-20(2)15(21)14(11)16/h3-6,18H,7H2,1-2H3. The van der Waals surface area contributed by atoms with Crippen LogP contribution in [0.25, 0.3) is 11.0 Å². The van der Waals surface area contributed by atoms with Gasteiger partial charge in [0.05, 0.1) is 18.4 Å². The number of halogens is 2. The number of aryl methyl sites for hydroxylation is 2. The average Bonchev–Trinajstić information content (AvgIpc) is 2.81. The molecule has 0 amide bonds. The Kier molecular flexibility index (Phi) is 3.74. The molecule has 0 saturated carbocycles. The molecule has 22 heavy (non-hydrogen) atoms. The summed E-state index contributed by atoms with van der Waals surface area (Å²) in [5.74, 6) is 0.391. The van der Waals surface area contributed by atoms with Crippen molar-refractivity contribution in [2.45, 2.75) is 13.5 Å². The first-order chi connectivity index (χ1) is 10.5. The molecule has 2 heterocycles. The minimum Gasteiger partial charge on any atom is -0.459 e. The van der Waals surface area contributed by atoms with Crippen LogP contribution in [0.4, 0.5) is 10.1 Å². The van der Waals surface area contributed by atoms with Crippen LogP contribution in [0.2, 0.25) is 0 Å². The predicted molar refractivity (Wildman–Crippen MR) is 85.4 cm³/mol. The van der Waals surface area contributed by atoms with E-state index in [4.69, 9.17) is 4.42 Å². The van der Waals surface area contributed by atoms with E-state index in [1.807, 2.05) is 6.92 Å². The van der Waals surface area contributed by atoms with Gasteiger partial charge in [0.15, 0.2) is 0 Å². The van der Waals surface area contributed by atoms with Crippen molar-refractivity contribution in [3.8, 4) is 0 Å². The highest BCUT2D eigenvalue weighted by Gasteiger charge is 2.12. The third-order valence-corrected chi connectivity index (χ3v) is 4.28. The second-order valence-corrected chi connectivity index (χ2v) is 5.74. The summed E-state index contributed by atoms with van der Waals surface area (Å²) in [6.45, 7) is 2.25. The molecule has 0 atom stereocenters. The lowest BCUT2D eigenvalue weighted by atomic mass is 10.1. The normalized spacial score (nSPS) is 11.1. The molecule has 0 saturated heterocycles. The van der Waals surface area contributed by atoms with Crippen LogP contribution in [0.1, 0.15) is 11.3 Å². The summed E-state index contributed by atoms with van der Waals surface area (Å²) in [5.41, 5.74) is 1.86. The van der Waals surface area contributed by atoms with Crippen molar-refractivity contribution in [3.63, 3.8) is 0 Å². The van der Waals surface area contributed by atoms with Crippen molar-refractivity contribution < 1.29 is 8.81 Å². The maximum absolute atomic E-state index is 13.3. The van der Waals surface area contributed by atoms with Gasteiger partial charge < -0.3 is 9.73 Å². The molecule has 1 N–H and O–H groups in total. The van der Waals surface area contributed by atoms with Crippen molar-refractivity contribution in [2.24, 2.45) is 7.05 Å². The van der Waals surface area contributed by atoms with Gasteiger partial charge in [-0.2, -0.15) is 5.10 Å². The summed E-state index contributed by atoms with van der Waals surface area (Å²) < 4.78 is 20.7. The smallest absolute Gasteiger partial charge is 0.282 e. The second-order valence-electron chi connectivity index (χ2n) is 4.95. The third kappa shape index (κ3) is 2.52. The first-order valence-electron chi connectivity index (χ1n) is 6.60. The minimum atomic E-state index is -0.297. The van der Waals surface area contributed by atoms with E-state index < -0.39 is 0 Å². The van der Waals surface area contributed by atoms with Crippen LogP contribution in [0, 0.1) is 12.7 Å². The Bertz CT molecular complexity index is 917. The van der Waals surface area contributed by atoms with E-state index >= 15 is 0 Å². The molecule has 7 heteroatoms. The fourth-order valence-corrected chi connectivity index (χ4v) is 2.72. The molecule has 5 nitrogen and oxygen atoms in total.